The van der Waals surface area contributed by atoms with E-state index in [0.29, 0.717) is 30.4 Å². The van der Waals surface area contributed by atoms with Crippen molar-refractivity contribution in [3.63, 3.8) is 0 Å². The van der Waals surface area contributed by atoms with Gasteiger partial charge in [-0.15, -0.1) is 0 Å². The van der Waals surface area contributed by atoms with Crippen LogP contribution in [0, 0.1) is 23.4 Å². The van der Waals surface area contributed by atoms with Crippen LogP contribution in [-0.4, -0.2) is 39.1 Å². The number of hydrogen-bond donors (Lipinski definition) is 2. The van der Waals surface area contributed by atoms with Gasteiger partial charge in [-0.2, -0.15) is 0 Å². The van der Waals surface area contributed by atoms with Crippen LogP contribution in [0.5, 0.6) is 5.75 Å². The molecule has 5 rings (SSSR count). The maximum absolute atomic E-state index is 15.1. The number of benzene rings is 1. The summed E-state index contributed by atoms with van der Waals surface area (Å²) < 4.78 is 49.8. The number of halogens is 3. The first-order valence-corrected chi connectivity index (χ1v) is 12.3. The Morgan fingerprint density at radius 3 is 2.76 bits per heavy atom. The molecule has 0 unspecified atom stereocenters. The number of hydrogen-bond acceptors (Lipinski definition) is 6. The normalized spacial score (nSPS) is 25.0. The summed E-state index contributed by atoms with van der Waals surface area (Å²) in [4.78, 5) is 21.4. The average molecular weight is 512 g/mol. The lowest BCUT2D eigenvalue weighted by molar-refractivity contribution is -0.0464. The maximum Gasteiger partial charge on any atom is 0.185 e. The van der Waals surface area contributed by atoms with E-state index in [2.05, 4.69) is 9.97 Å². The predicted octanol–water partition coefficient (Wildman–Crippen LogP) is 4.51. The van der Waals surface area contributed by atoms with Crippen molar-refractivity contribution in [3.05, 3.63) is 76.5 Å². The van der Waals surface area contributed by atoms with Crippen molar-refractivity contribution in [2.75, 3.05) is 6.61 Å². The van der Waals surface area contributed by atoms with Gasteiger partial charge in [0.15, 0.2) is 17.3 Å². The third kappa shape index (κ3) is 4.51. The van der Waals surface area contributed by atoms with Crippen LogP contribution in [0.25, 0.3) is 11.3 Å². The van der Waals surface area contributed by atoms with Gasteiger partial charge in [0.1, 0.15) is 23.0 Å². The number of aliphatic hydroxyl groups is 1. The van der Waals surface area contributed by atoms with Crippen LogP contribution in [0.2, 0.25) is 0 Å². The molecule has 6 nitrogen and oxygen atoms in total. The minimum atomic E-state index is -1.03. The maximum atomic E-state index is 15.1. The molecule has 0 spiro atoms. The van der Waals surface area contributed by atoms with Crippen LogP contribution >= 0.6 is 0 Å². The Morgan fingerprint density at radius 1 is 1.22 bits per heavy atom. The summed E-state index contributed by atoms with van der Waals surface area (Å²) in [7, 11) is 0. The van der Waals surface area contributed by atoms with Crippen molar-refractivity contribution in [2.24, 2.45) is 11.7 Å². The standard InChI is InChI=1S/C28H28F3N3O3/c1-14-9-16(12-23(32)28(14,2)36)18-5-7-33-13-17(18)11-22(35)21-4-3-19(29)26(34-21)24-20(30)10-15-6-8-37-27(15)25(24)31/h3-5,7,10,13-14,16,23,36H,6,8-9,11-12,32H2,1-2H3/t14-,16+,23+,28+/m0/s1. The van der Waals surface area contributed by atoms with Gasteiger partial charge in [0.05, 0.1) is 17.8 Å². The van der Waals surface area contributed by atoms with Crippen molar-refractivity contribution in [1.82, 2.24) is 9.97 Å². The Morgan fingerprint density at radius 2 is 2.00 bits per heavy atom. The van der Waals surface area contributed by atoms with Gasteiger partial charge < -0.3 is 15.6 Å². The fourth-order valence-electron chi connectivity index (χ4n) is 5.42. The molecule has 1 aromatic carbocycles. The van der Waals surface area contributed by atoms with Crippen molar-refractivity contribution in [1.29, 1.82) is 0 Å². The van der Waals surface area contributed by atoms with Gasteiger partial charge in [0.2, 0.25) is 0 Å². The smallest absolute Gasteiger partial charge is 0.185 e. The van der Waals surface area contributed by atoms with E-state index in [4.69, 9.17) is 10.5 Å². The molecule has 9 heteroatoms. The zero-order chi connectivity index (χ0) is 26.5. The summed E-state index contributed by atoms with van der Waals surface area (Å²) in [6, 6.07) is 4.71. The molecule has 3 N–H and O–H groups in total. The number of Topliss-reactive ketones (excluding diaryl/α,β-unsaturated/α-hetero) is 1. The van der Waals surface area contributed by atoms with Crippen LogP contribution < -0.4 is 10.5 Å². The van der Waals surface area contributed by atoms with Crippen molar-refractivity contribution in [2.45, 2.75) is 57.1 Å². The summed E-state index contributed by atoms with van der Waals surface area (Å²) in [5, 5.41) is 10.7. The largest absolute Gasteiger partial charge is 0.490 e. The first kappa shape index (κ1) is 25.4. The molecule has 3 aromatic rings. The highest BCUT2D eigenvalue weighted by Gasteiger charge is 2.42. The number of nitrogens with two attached hydrogens (primary N) is 1. The van der Waals surface area contributed by atoms with Gasteiger partial charge >= 0.3 is 0 Å². The second-order valence-electron chi connectivity index (χ2n) is 10.2. The molecule has 1 aliphatic heterocycles. The fraction of sp³-hybridized carbons (Fsp3) is 0.393. The number of pyridine rings is 2. The lowest BCUT2D eigenvalue weighted by Gasteiger charge is -2.44. The molecule has 4 atom stereocenters. The van der Waals surface area contributed by atoms with Gasteiger partial charge in [-0.3, -0.25) is 9.78 Å². The zero-order valence-electron chi connectivity index (χ0n) is 20.6. The van der Waals surface area contributed by atoms with E-state index in [9.17, 15) is 18.7 Å². The van der Waals surface area contributed by atoms with Gasteiger partial charge in [-0.25, -0.2) is 18.2 Å². The SMILES string of the molecule is C[C@H]1C[C@@H](c2ccncc2CC(=O)c2ccc(F)c(-c3c(F)cc4c(c3F)OCC4)n2)C[C@@H](N)[C@]1(C)O. The fourth-order valence-corrected chi connectivity index (χ4v) is 5.42. The summed E-state index contributed by atoms with van der Waals surface area (Å²) in [5.41, 5.74) is 5.85. The molecule has 0 saturated heterocycles. The first-order valence-electron chi connectivity index (χ1n) is 12.3. The number of nitrogens with zero attached hydrogens (tertiary/aromatic N) is 2. The molecule has 3 heterocycles. The second kappa shape index (κ2) is 9.54. The summed E-state index contributed by atoms with van der Waals surface area (Å²) in [6.45, 7) is 3.90. The Bertz CT molecular complexity index is 1360. The lowest BCUT2D eigenvalue weighted by Crippen LogP contribution is -2.54. The highest BCUT2D eigenvalue weighted by atomic mass is 19.1. The minimum Gasteiger partial charge on any atom is -0.490 e. The van der Waals surface area contributed by atoms with E-state index >= 15 is 4.39 Å². The van der Waals surface area contributed by atoms with Gasteiger partial charge in [0.25, 0.3) is 0 Å². The number of ether oxygens (including phenoxy) is 1. The molecule has 0 amide bonds. The molecule has 2 aliphatic rings. The number of carbonyl (C=O) groups excluding carboxylic acids is 1. The monoisotopic (exact) mass is 511 g/mol. The molecular formula is C28H28F3N3O3. The molecule has 1 saturated carbocycles. The quantitative estimate of drug-likeness (QED) is 0.489. The second-order valence-corrected chi connectivity index (χ2v) is 10.2. The molecule has 37 heavy (non-hydrogen) atoms. The van der Waals surface area contributed by atoms with Crippen LogP contribution in [0.3, 0.4) is 0 Å². The van der Waals surface area contributed by atoms with E-state index in [1.807, 2.05) is 13.0 Å². The Balaban J connectivity index is 1.45. The number of carbonyl (C=O) groups is 1. The van der Waals surface area contributed by atoms with Crippen LogP contribution in [0.15, 0.2) is 36.7 Å². The summed E-state index contributed by atoms with van der Waals surface area (Å²) in [6.07, 6.45) is 4.73. The topological polar surface area (TPSA) is 98.3 Å². The minimum absolute atomic E-state index is 0.0161. The van der Waals surface area contributed by atoms with Gasteiger partial charge in [0, 0.05) is 36.8 Å². The Labute approximate surface area is 212 Å². The molecule has 0 bridgehead atoms. The summed E-state index contributed by atoms with van der Waals surface area (Å²) >= 11 is 0. The lowest BCUT2D eigenvalue weighted by atomic mass is 9.67. The van der Waals surface area contributed by atoms with Crippen molar-refractivity contribution >= 4 is 5.78 Å². The van der Waals surface area contributed by atoms with E-state index in [0.717, 1.165) is 17.7 Å². The molecule has 1 fully saturated rings. The van der Waals surface area contributed by atoms with Crippen molar-refractivity contribution < 1.29 is 27.8 Å². The first-order chi connectivity index (χ1) is 17.6. The number of rotatable bonds is 5. The van der Waals surface area contributed by atoms with Crippen LogP contribution in [0.1, 0.15) is 59.8 Å². The number of aromatic nitrogens is 2. The number of ketones is 1. The van der Waals surface area contributed by atoms with E-state index in [-0.39, 0.29) is 36.3 Å². The summed E-state index contributed by atoms with van der Waals surface area (Å²) in [5.74, 6) is -3.56. The van der Waals surface area contributed by atoms with Crippen LogP contribution in [-0.2, 0) is 12.8 Å². The Hall–Kier alpha value is -3.30. The number of fused-ring (bicyclic) bond motifs is 1. The van der Waals surface area contributed by atoms with E-state index < -0.39 is 46.1 Å². The molecule has 194 valence electrons. The van der Waals surface area contributed by atoms with E-state index in [1.165, 1.54) is 6.07 Å². The molecular weight excluding hydrogens is 483 g/mol. The Kier molecular flexibility index (Phi) is 6.53. The third-order valence-electron chi connectivity index (χ3n) is 7.89. The highest BCUT2D eigenvalue weighted by Crippen LogP contribution is 2.42. The predicted molar refractivity (Wildman–Crippen MR) is 131 cm³/mol. The van der Waals surface area contributed by atoms with Crippen LogP contribution in [0.4, 0.5) is 13.2 Å². The molecule has 1 aliphatic carbocycles. The van der Waals surface area contributed by atoms with Crippen molar-refractivity contribution in [3.8, 4) is 17.0 Å². The van der Waals surface area contributed by atoms with Gasteiger partial charge in [-0.1, -0.05) is 6.92 Å². The zero-order valence-corrected chi connectivity index (χ0v) is 20.6. The van der Waals surface area contributed by atoms with E-state index in [1.54, 1.807) is 19.3 Å². The average Bonchev–Trinajstić information content (AvgIpc) is 3.32. The molecule has 2 aromatic heterocycles. The van der Waals surface area contributed by atoms with Gasteiger partial charge in [-0.05, 0) is 67.0 Å². The molecule has 0 radical (unpaired) electrons. The third-order valence-corrected chi connectivity index (χ3v) is 7.89. The highest BCUT2D eigenvalue weighted by molar-refractivity contribution is 5.96.